The summed E-state index contributed by atoms with van der Waals surface area (Å²) in [5.41, 5.74) is -0.990. The number of hydrogen-bond donors (Lipinski definition) is 2. The summed E-state index contributed by atoms with van der Waals surface area (Å²) in [6, 6.07) is 3.17. The third-order valence-electron chi connectivity index (χ3n) is 4.88. The second-order valence-corrected chi connectivity index (χ2v) is 7.19. The van der Waals surface area contributed by atoms with Gasteiger partial charge in [-0.15, -0.1) is 0 Å². The first kappa shape index (κ1) is 17.7. The molecular formula is C17H19ClFN3O3. The van der Waals surface area contributed by atoms with Crippen molar-refractivity contribution in [3.05, 3.63) is 29.0 Å². The number of carbonyl (C=O) groups is 3. The Hall–Kier alpha value is -2.15. The normalized spacial score (nSPS) is 26.0. The highest BCUT2D eigenvalue weighted by atomic mass is 35.5. The van der Waals surface area contributed by atoms with E-state index in [1.165, 1.54) is 12.1 Å². The van der Waals surface area contributed by atoms with Crippen molar-refractivity contribution < 1.29 is 18.8 Å². The molecule has 1 aliphatic heterocycles. The number of halogens is 2. The smallest absolute Gasteiger partial charge is 0.323 e. The molecule has 0 bridgehead atoms. The molecule has 0 atom stereocenters. The van der Waals surface area contributed by atoms with Gasteiger partial charge in [0.15, 0.2) is 0 Å². The van der Waals surface area contributed by atoms with Crippen LogP contribution >= 0.6 is 11.6 Å². The Labute approximate surface area is 149 Å². The zero-order valence-corrected chi connectivity index (χ0v) is 14.5. The molecule has 25 heavy (non-hydrogen) atoms. The van der Waals surface area contributed by atoms with E-state index in [1.807, 2.05) is 0 Å². The molecule has 2 fully saturated rings. The molecule has 1 aromatic carbocycles. The summed E-state index contributed by atoms with van der Waals surface area (Å²) in [6.07, 6.45) is 2.83. The molecule has 0 aromatic heterocycles. The van der Waals surface area contributed by atoms with Gasteiger partial charge in [-0.2, -0.15) is 0 Å². The first-order valence-electron chi connectivity index (χ1n) is 8.20. The maximum atomic E-state index is 13.7. The van der Waals surface area contributed by atoms with Crippen molar-refractivity contribution >= 4 is 35.1 Å². The number of carbonyl (C=O) groups excluding carboxylic acids is 3. The van der Waals surface area contributed by atoms with Crippen molar-refractivity contribution in [3.8, 4) is 0 Å². The van der Waals surface area contributed by atoms with Gasteiger partial charge < -0.3 is 10.6 Å². The summed E-state index contributed by atoms with van der Waals surface area (Å²) in [6.45, 7) is 1.65. The molecule has 2 aliphatic rings. The van der Waals surface area contributed by atoms with Crippen LogP contribution in [0.25, 0.3) is 0 Å². The van der Waals surface area contributed by atoms with Crippen molar-refractivity contribution in [3.63, 3.8) is 0 Å². The van der Waals surface area contributed by atoms with Crippen LogP contribution in [0, 0.1) is 11.7 Å². The molecule has 1 saturated heterocycles. The Morgan fingerprint density at radius 2 is 2.08 bits per heavy atom. The van der Waals surface area contributed by atoms with E-state index in [0.717, 1.165) is 23.8 Å². The fourth-order valence-electron chi connectivity index (χ4n) is 3.34. The summed E-state index contributed by atoms with van der Waals surface area (Å²) in [5.74, 6) is -1.18. The lowest BCUT2D eigenvalue weighted by atomic mass is 9.77. The van der Waals surface area contributed by atoms with Gasteiger partial charge >= 0.3 is 6.03 Å². The van der Waals surface area contributed by atoms with E-state index in [2.05, 4.69) is 17.6 Å². The minimum absolute atomic E-state index is 0.0919. The highest BCUT2D eigenvalue weighted by Crippen LogP contribution is 2.36. The first-order valence-corrected chi connectivity index (χ1v) is 8.57. The maximum absolute atomic E-state index is 13.7. The summed E-state index contributed by atoms with van der Waals surface area (Å²) in [7, 11) is 0. The average Bonchev–Trinajstić information content (AvgIpc) is 2.78. The molecule has 0 unspecified atom stereocenters. The third kappa shape index (κ3) is 3.46. The Balaban J connectivity index is 1.68. The lowest BCUT2D eigenvalue weighted by Gasteiger charge is -2.33. The SMILES string of the molecule is CC1CCC2(CC1)NC(=O)N(CC(=O)Nc1cc(Cl)ccc1F)C2=O. The number of amides is 4. The van der Waals surface area contributed by atoms with Crippen molar-refractivity contribution in [2.45, 2.75) is 38.1 Å². The van der Waals surface area contributed by atoms with E-state index in [-0.39, 0.29) is 16.6 Å². The second kappa shape index (κ2) is 6.63. The Kier molecular flexibility index (Phi) is 4.69. The average molecular weight is 368 g/mol. The fourth-order valence-corrected chi connectivity index (χ4v) is 3.51. The molecule has 1 spiro atoms. The molecule has 8 heteroatoms. The van der Waals surface area contributed by atoms with E-state index in [0.29, 0.717) is 18.8 Å². The Bertz CT molecular complexity index is 732. The monoisotopic (exact) mass is 367 g/mol. The number of anilines is 1. The van der Waals surface area contributed by atoms with Gasteiger partial charge in [-0.1, -0.05) is 18.5 Å². The quantitative estimate of drug-likeness (QED) is 0.806. The number of imide groups is 1. The number of urea groups is 1. The topological polar surface area (TPSA) is 78.5 Å². The highest BCUT2D eigenvalue weighted by molar-refractivity contribution is 6.30. The number of hydrogen-bond acceptors (Lipinski definition) is 3. The zero-order chi connectivity index (χ0) is 18.2. The van der Waals surface area contributed by atoms with Crippen LogP contribution < -0.4 is 10.6 Å². The van der Waals surface area contributed by atoms with Crippen LogP contribution in [0.3, 0.4) is 0 Å². The molecule has 134 valence electrons. The molecule has 2 N–H and O–H groups in total. The zero-order valence-electron chi connectivity index (χ0n) is 13.8. The van der Waals surface area contributed by atoms with Gasteiger partial charge in [-0.25, -0.2) is 9.18 Å². The maximum Gasteiger partial charge on any atom is 0.325 e. The number of rotatable bonds is 3. The van der Waals surface area contributed by atoms with Crippen LogP contribution in [0.2, 0.25) is 5.02 Å². The largest absolute Gasteiger partial charge is 0.325 e. The highest BCUT2D eigenvalue weighted by Gasteiger charge is 2.52. The predicted octanol–water partition coefficient (Wildman–Crippen LogP) is 2.92. The van der Waals surface area contributed by atoms with E-state index < -0.39 is 29.8 Å². The van der Waals surface area contributed by atoms with Gasteiger partial charge in [0, 0.05) is 5.02 Å². The van der Waals surface area contributed by atoms with Gasteiger partial charge in [0.2, 0.25) is 5.91 Å². The fraction of sp³-hybridized carbons (Fsp3) is 0.471. The molecule has 1 aliphatic carbocycles. The van der Waals surface area contributed by atoms with Crippen LogP contribution in [-0.2, 0) is 9.59 Å². The van der Waals surface area contributed by atoms with Gasteiger partial charge in [0.05, 0.1) is 5.69 Å². The molecule has 3 rings (SSSR count). The van der Waals surface area contributed by atoms with E-state index >= 15 is 0 Å². The van der Waals surface area contributed by atoms with Gasteiger partial charge in [-0.3, -0.25) is 14.5 Å². The second-order valence-electron chi connectivity index (χ2n) is 6.76. The molecule has 1 aromatic rings. The Morgan fingerprint density at radius 3 is 2.76 bits per heavy atom. The summed E-state index contributed by atoms with van der Waals surface area (Å²) in [5, 5.41) is 5.35. The summed E-state index contributed by atoms with van der Waals surface area (Å²) in [4.78, 5) is 37.9. The van der Waals surface area contributed by atoms with Crippen LogP contribution in [0.4, 0.5) is 14.9 Å². The van der Waals surface area contributed by atoms with Crippen LogP contribution in [-0.4, -0.2) is 34.8 Å². The third-order valence-corrected chi connectivity index (χ3v) is 5.11. The molecule has 6 nitrogen and oxygen atoms in total. The minimum atomic E-state index is -0.898. The van der Waals surface area contributed by atoms with Crippen LogP contribution in [0.5, 0.6) is 0 Å². The van der Waals surface area contributed by atoms with E-state index in [1.54, 1.807) is 0 Å². The van der Waals surface area contributed by atoms with E-state index in [9.17, 15) is 18.8 Å². The van der Waals surface area contributed by atoms with E-state index in [4.69, 9.17) is 11.6 Å². The summed E-state index contributed by atoms with van der Waals surface area (Å²) >= 11 is 5.78. The predicted molar refractivity (Wildman–Crippen MR) is 90.6 cm³/mol. The van der Waals surface area contributed by atoms with Crippen molar-refractivity contribution in [2.24, 2.45) is 5.92 Å². The minimum Gasteiger partial charge on any atom is -0.323 e. The van der Waals surface area contributed by atoms with Crippen molar-refractivity contribution in [1.29, 1.82) is 0 Å². The standard InChI is InChI=1S/C17H19ClFN3O3/c1-10-4-6-17(7-5-10)15(24)22(16(25)21-17)9-14(23)20-13-8-11(18)2-3-12(13)19/h2-3,8,10H,4-7,9H2,1H3,(H,20,23)(H,21,25). The molecule has 1 saturated carbocycles. The Morgan fingerprint density at radius 1 is 1.40 bits per heavy atom. The molecule has 1 heterocycles. The van der Waals surface area contributed by atoms with Gasteiger partial charge in [0.25, 0.3) is 5.91 Å². The van der Waals surface area contributed by atoms with Crippen molar-refractivity contribution in [2.75, 3.05) is 11.9 Å². The summed E-state index contributed by atoms with van der Waals surface area (Å²) < 4.78 is 13.7. The molecule has 4 amide bonds. The van der Waals surface area contributed by atoms with Crippen LogP contribution in [0.15, 0.2) is 18.2 Å². The first-order chi connectivity index (χ1) is 11.8. The lowest BCUT2D eigenvalue weighted by Crippen LogP contribution is -2.49. The lowest BCUT2D eigenvalue weighted by molar-refractivity contribution is -0.135. The number of nitrogens with zero attached hydrogens (tertiary/aromatic N) is 1. The number of benzene rings is 1. The number of nitrogens with one attached hydrogen (secondary N) is 2. The van der Waals surface area contributed by atoms with Crippen molar-refractivity contribution in [1.82, 2.24) is 10.2 Å². The van der Waals surface area contributed by atoms with Crippen LogP contribution in [0.1, 0.15) is 32.6 Å². The van der Waals surface area contributed by atoms with Gasteiger partial charge in [-0.05, 0) is 49.8 Å². The molecule has 0 radical (unpaired) electrons. The van der Waals surface area contributed by atoms with Gasteiger partial charge in [0.1, 0.15) is 17.9 Å². The molecular weight excluding hydrogens is 349 g/mol.